The van der Waals surface area contributed by atoms with Gasteiger partial charge in [-0.1, -0.05) is 0 Å². The number of rotatable bonds is 1. The van der Waals surface area contributed by atoms with Crippen LogP contribution < -0.4 is 4.90 Å². The van der Waals surface area contributed by atoms with Crippen LogP contribution in [0.2, 0.25) is 0 Å². The highest BCUT2D eigenvalue weighted by Gasteiger charge is 2.25. The van der Waals surface area contributed by atoms with Crippen molar-refractivity contribution in [3.63, 3.8) is 0 Å². The number of aliphatic hydroxyl groups is 1. The van der Waals surface area contributed by atoms with Crippen molar-refractivity contribution in [1.82, 2.24) is 4.98 Å². The zero-order valence-corrected chi connectivity index (χ0v) is 8.95. The third-order valence-electron chi connectivity index (χ3n) is 2.19. The summed E-state index contributed by atoms with van der Waals surface area (Å²) in [5, 5.41) is 9.12. The molecule has 1 aromatic rings. The lowest BCUT2D eigenvalue weighted by molar-refractivity contribution is 0.141. The van der Waals surface area contributed by atoms with Gasteiger partial charge in [0.25, 0.3) is 0 Å². The van der Waals surface area contributed by atoms with Crippen LogP contribution in [-0.2, 0) is 0 Å². The van der Waals surface area contributed by atoms with Gasteiger partial charge in [-0.3, -0.25) is 0 Å². The van der Waals surface area contributed by atoms with Crippen molar-refractivity contribution in [1.29, 1.82) is 0 Å². The van der Waals surface area contributed by atoms with E-state index < -0.39 is 0 Å². The lowest BCUT2D eigenvalue weighted by atomic mass is 10.2. The molecule has 2 rings (SSSR count). The molecule has 1 fully saturated rings. The SMILES string of the molecule is Cc1nc(N2CC(O)C2)ccc1Br. The minimum absolute atomic E-state index is 0.175. The number of aryl methyl sites for hydroxylation is 1. The summed E-state index contributed by atoms with van der Waals surface area (Å²) in [6.07, 6.45) is -0.175. The zero-order chi connectivity index (χ0) is 9.42. The maximum atomic E-state index is 9.12. The Morgan fingerprint density at radius 2 is 2.23 bits per heavy atom. The molecule has 0 spiro atoms. The number of nitrogens with zero attached hydrogens (tertiary/aromatic N) is 2. The summed E-state index contributed by atoms with van der Waals surface area (Å²) in [4.78, 5) is 6.46. The topological polar surface area (TPSA) is 36.4 Å². The fraction of sp³-hybridized carbons (Fsp3) is 0.444. The molecule has 3 nitrogen and oxygen atoms in total. The Hall–Kier alpha value is -0.610. The van der Waals surface area contributed by atoms with Crippen molar-refractivity contribution >= 4 is 21.7 Å². The molecular formula is C9H11BrN2O. The van der Waals surface area contributed by atoms with E-state index in [-0.39, 0.29) is 6.10 Å². The molecule has 1 saturated heterocycles. The van der Waals surface area contributed by atoms with Gasteiger partial charge in [0.05, 0.1) is 11.8 Å². The van der Waals surface area contributed by atoms with Crippen LogP contribution in [0.15, 0.2) is 16.6 Å². The van der Waals surface area contributed by atoms with Crippen LogP contribution in [0.5, 0.6) is 0 Å². The molecule has 1 aliphatic rings. The van der Waals surface area contributed by atoms with Gasteiger partial charge in [-0.2, -0.15) is 0 Å². The summed E-state index contributed by atoms with van der Waals surface area (Å²) in [6.45, 7) is 3.37. The van der Waals surface area contributed by atoms with E-state index >= 15 is 0 Å². The number of aliphatic hydroxyl groups excluding tert-OH is 1. The Kier molecular flexibility index (Phi) is 2.26. The second-order valence-electron chi connectivity index (χ2n) is 3.30. The van der Waals surface area contributed by atoms with E-state index in [1.54, 1.807) is 0 Å². The van der Waals surface area contributed by atoms with Gasteiger partial charge in [-0.15, -0.1) is 0 Å². The predicted octanol–water partition coefficient (Wildman–Crippen LogP) is 1.33. The van der Waals surface area contributed by atoms with Crippen LogP contribution in [0.25, 0.3) is 0 Å². The second kappa shape index (κ2) is 3.27. The third kappa shape index (κ3) is 1.69. The van der Waals surface area contributed by atoms with Crippen molar-refractivity contribution in [2.45, 2.75) is 13.0 Å². The average molecular weight is 243 g/mol. The summed E-state index contributed by atoms with van der Waals surface area (Å²) >= 11 is 3.40. The van der Waals surface area contributed by atoms with E-state index in [1.165, 1.54) is 0 Å². The summed E-state index contributed by atoms with van der Waals surface area (Å²) in [5.74, 6) is 0.950. The van der Waals surface area contributed by atoms with Crippen LogP contribution in [0.3, 0.4) is 0 Å². The molecule has 4 heteroatoms. The maximum Gasteiger partial charge on any atom is 0.129 e. The minimum Gasteiger partial charge on any atom is -0.389 e. The van der Waals surface area contributed by atoms with Gasteiger partial charge in [0, 0.05) is 17.6 Å². The molecule has 70 valence electrons. The third-order valence-corrected chi connectivity index (χ3v) is 3.03. The molecule has 2 heterocycles. The number of pyridine rings is 1. The predicted molar refractivity (Wildman–Crippen MR) is 54.9 cm³/mol. The summed E-state index contributed by atoms with van der Waals surface area (Å²) in [5.41, 5.74) is 0.985. The zero-order valence-electron chi connectivity index (χ0n) is 7.37. The molecule has 1 aromatic heterocycles. The highest BCUT2D eigenvalue weighted by atomic mass is 79.9. The molecule has 0 unspecified atom stereocenters. The summed E-state index contributed by atoms with van der Waals surface area (Å²) < 4.78 is 1.03. The number of β-amino-alcohol motifs (C(OH)–C–C–N with tert-alkyl or cyclic N) is 1. The highest BCUT2D eigenvalue weighted by molar-refractivity contribution is 9.10. The molecule has 0 radical (unpaired) electrons. The molecule has 0 atom stereocenters. The summed E-state index contributed by atoms with van der Waals surface area (Å²) in [7, 11) is 0. The van der Waals surface area contributed by atoms with Crippen LogP contribution in [0.1, 0.15) is 5.69 Å². The highest BCUT2D eigenvalue weighted by Crippen LogP contribution is 2.22. The first-order valence-corrected chi connectivity index (χ1v) is 5.02. The van der Waals surface area contributed by atoms with Gasteiger partial charge in [0.1, 0.15) is 5.82 Å². The van der Waals surface area contributed by atoms with Gasteiger partial charge < -0.3 is 10.0 Å². The lowest BCUT2D eigenvalue weighted by Gasteiger charge is -2.36. The fourth-order valence-corrected chi connectivity index (χ4v) is 1.57. The number of anilines is 1. The first-order valence-electron chi connectivity index (χ1n) is 4.23. The largest absolute Gasteiger partial charge is 0.389 e. The van der Waals surface area contributed by atoms with Gasteiger partial charge in [-0.25, -0.2) is 4.98 Å². The van der Waals surface area contributed by atoms with Gasteiger partial charge in [0.2, 0.25) is 0 Å². The first kappa shape index (κ1) is 8.97. The Morgan fingerprint density at radius 1 is 1.54 bits per heavy atom. The summed E-state index contributed by atoms with van der Waals surface area (Å²) in [6, 6.07) is 3.95. The molecule has 0 saturated carbocycles. The average Bonchev–Trinajstić information content (AvgIpc) is 2.05. The Balaban J connectivity index is 2.18. The van der Waals surface area contributed by atoms with Crippen LogP contribution in [-0.4, -0.2) is 29.3 Å². The number of halogens is 1. The molecule has 0 bridgehead atoms. The quantitative estimate of drug-likeness (QED) is 0.808. The molecule has 1 N–H and O–H groups in total. The van der Waals surface area contributed by atoms with Crippen LogP contribution in [0, 0.1) is 6.92 Å². The molecule has 1 aliphatic heterocycles. The van der Waals surface area contributed by atoms with E-state index in [1.807, 2.05) is 19.1 Å². The van der Waals surface area contributed by atoms with E-state index in [0.717, 1.165) is 16.0 Å². The molecule has 0 amide bonds. The molecular weight excluding hydrogens is 232 g/mol. The van der Waals surface area contributed by atoms with Gasteiger partial charge >= 0.3 is 0 Å². The van der Waals surface area contributed by atoms with Crippen molar-refractivity contribution in [3.05, 3.63) is 22.3 Å². The maximum absolute atomic E-state index is 9.12. The lowest BCUT2D eigenvalue weighted by Crippen LogP contribution is -2.51. The standard InChI is InChI=1S/C9H11BrN2O/c1-6-8(10)2-3-9(11-6)12-4-7(13)5-12/h2-3,7,13H,4-5H2,1H3. The van der Waals surface area contributed by atoms with Crippen molar-refractivity contribution < 1.29 is 5.11 Å². The molecule has 0 aliphatic carbocycles. The Labute approximate surface area is 85.5 Å². The fourth-order valence-electron chi connectivity index (χ4n) is 1.35. The van der Waals surface area contributed by atoms with E-state index in [9.17, 15) is 0 Å². The Bertz CT molecular complexity index is 323. The van der Waals surface area contributed by atoms with E-state index in [2.05, 4.69) is 25.8 Å². The van der Waals surface area contributed by atoms with E-state index in [4.69, 9.17) is 5.11 Å². The van der Waals surface area contributed by atoms with Crippen molar-refractivity contribution in [2.75, 3.05) is 18.0 Å². The first-order chi connectivity index (χ1) is 6.16. The monoisotopic (exact) mass is 242 g/mol. The normalized spacial score (nSPS) is 17.3. The number of hydrogen-bond donors (Lipinski definition) is 1. The van der Waals surface area contributed by atoms with E-state index in [0.29, 0.717) is 13.1 Å². The van der Waals surface area contributed by atoms with Gasteiger partial charge in [-0.05, 0) is 35.0 Å². The molecule has 0 aromatic carbocycles. The Morgan fingerprint density at radius 3 is 2.77 bits per heavy atom. The number of hydrogen-bond acceptors (Lipinski definition) is 3. The molecule has 13 heavy (non-hydrogen) atoms. The smallest absolute Gasteiger partial charge is 0.129 e. The number of aromatic nitrogens is 1. The van der Waals surface area contributed by atoms with Crippen LogP contribution >= 0.6 is 15.9 Å². The van der Waals surface area contributed by atoms with Crippen molar-refractivity contribution in [3.8, 4) is 0 Å². The van der Waals surface area contributed by atoms with Crippen LogP contribution in [0.4, 0.5) is 5.82 Å². The van der Waals surface area contributed by atoms with Crippen molar-refractivity contribution in [2.24, 2.45) is 0 Å². The second-order valence-corrected chi connectivity index (χ2v) is 4.15. The minimum atomic E-state index is -0.175. The van der Waals surface area contributed by atoms with Gasteiger partial charge in [0.15, 0.2) is 0 Å².